The topological polar surface area (TPSA) is 45.8 Å². The Balaban J connectivity index is 2.67. The number of hydrogen-bond donors (Lipinski definition) is 1. The van der Waals surface area contributed by atoms with Crippen molar-refractivity contribution >= 4 is 31.9 Å². The van der Waals surface area contributed by atoms with Gasteiger partial charge in [0.25, 0.3) is 5.56 Å². The molecule has 0 aliphatic rings. The van der Waals surface area contributed by atoms with Crippen LogP contribution in [0.25, 0.3) is 11.4 Å². The molecular weight excluding hydrogens is 391 g/mol. The molecule has 0 aliphatic heterocycles. The number of nitrogens with zero attached hydrogens (tertiary/aromatic N) is 1. The lowest BCUT2D eigenvalue weighted by molar-refractivity contribution is 0.562. The fourth-order valence-corrected chi connectivity index (χ4v) is 2.77. The molecule has 0 aliphatic carbocycles. The number of H-pyrrole nitrogens is 1. The SMILES string of the molecule is CC(C)(C)c1nc(-c2ccc(Br)c(F)c2)[nH]c(=O)c1Br. The quantitative estimate of drug-likeness (QED) is 0.766. The van der Waals surface area contributed by atoms with Crippen molar-refractivity contribution in [2.75, 3.05) is 0 Å². The van der Waals surface area contributed by atoms with Crippen molar-refractivity contribution in [3.8, 4) is 11.4 Å². The number of hydrogen-bond acceptors (Lipinski definition) is 2. The minimum Gasteiger partial charge on any atom is -0.306 e. The molecule has 0 bridgehead atoms. The van der Waals surface area contributed by atoms with Crippen LogP contribution in [-0.2, 0) is 5.41 Å². The summed E-state index contributed by atoms with van der Waals surface area (Å²) in [5.74, 6) is -0.0418. The highest BCUT2D eigenvalue weighted by molar-refractivity contribution is 9.10. The second-order valence-corrected chi connectivity index (χ2v) is 7.10. The van der Waals surface area contributed by atoms with Gasteiger partial charge in [-0.2, -0.15) is 0 Å². The van der Waals surface area contributed by atoms with E-state index in [1.807, 2.05) is 20.8 Å². The number of nitrogens with one attached hydrogen (secondary N) is 1. The first-order valence-electron chi connectivity index (χ1n) is 5.96. The van der Waals surface area contributed by atoms with Crippen molar-refractivity contribution in [3.05, 3.63) is 49.0 Å². The lowest BCUT2D eigenvalue weighted by Crippen LogP contribution is -2.22. The first kappa shape index (κ1) is 15.4. The molecule has 0 saturated carbocycles. The summed E-state index contributed by atoms with van der Waals surface area (Å²) in [5.41, 5.74) is 0.596. The predicted octanol–water partition coefficient (Wildman–Crippen LogP) is 4.40. The second kappa shape index (κ2) is 5.41. The molecule has 0 fully saturated rings. The summed E-state index contributed by atoms with van der Waals surface area (Å²) in [7, 11) is 0. The van der Waals surface area contributed by atoms with Gasteiger partial charge in [0.2, 0.25) is 0 Å². The summed E-state index contributed by atoms with van der Waals surface area (Å²) >= 11 is 6.36. The maximum absolute atomic E-state index is 13.6. The summed E-state index contributed by atoms with van der Waals surface area (Å²) in [6.45, 7) is 5.89. The van der Waals surface area contributed by atoms with E-state index in [1.54, 1.807) is 12.1 Å². The average molecular weight is 404 g/mol. The highest BCUT2D eigenvalue weighted by atomic mass is 79.9. The summed E-state index contributed by atoms with van der Waals surface area (Å²) in [6, 6.07) is 4.62. The van der Waals surface area contributed by atoms with Crippen LogP contribution in [0.1, 0.15) is 26.5 Å². The molecule has 3 nitrogen and oxygen atoms in total. The summed E-state index contributed by atoms with van der Waals surface area (Å²) in [5, 5.41) is 0. The van der Waals surface area contributed by atoms with Gasteiger partial charge in [-0.25, -0.2) is 9.37 Å². The van der Waals surface area contributed by atoms with Crippen LogP contribution in [0.15, 0.2) is 31.9 Å². The summed E-state index contributed by atoms with van der Waals surface area (Å²) in [6.07, 6.45) is 0. The van der Waals surface area contributed by atoms with Gasteiger partial charge in [-0.15, -0.1) is 0 Å². The fraction of sp³-hybridized carbons (Fsp3) is 0.286. The van der Waals surface area contributed by atoms with Crippen molar-refractivity contribution in [2.45, 2.75) is 26.2 Å². The Bertz CT molecular complexity index is 720. The van der Waals surface area contributed by atoms with Crippen molar-refractivity contribution in [2.24, 2.45) is 0 Å². The van der Waals surface area contributed by atoms with Crippen LogP contribution in [0.4, 0.5) is 4.39 Å². The maximum atomic E-state index is 13.6. The van der Waals surface area contributed by atoms with E-state index in [4.69, 9.17) is 0 Å². The van der Waals surface area contributed by atoms with E-state index < -0.39 is 5.82 Å². The average Bonchev–Trinajstić information content (AvgIpc) is 2.34. The Hall–Kier alpha value is -1.01. The van der Waals surface area contributed by atoms with Gasteiger partial charge in [-0.1, -0.05) is 20.8 Å². The van der Waals surface area contributed by atoms with Crippen LogP contribution >= 0.6 is 31.9 Å². The molecule has 0 unspecified atom stereocenters. The Morgan fingerprint density at radius 3 is 2.45 bits per heavy atom. The van der Waals surface area contributed by atoms with Crippen LogP contribution in [0.5, 0.6) is 0 Å². The predicted molar refractivity (Wildman–Crippen MR) is 84.4 cm³/mol. The number of aromatic amines is 1. The van der Waals surface area contributed by atoms with Gasteiger partial charge in [0.05, 0.1) is 10.2 Å². The molecule has 106 valence electrons. The lowest BCUT2D eigenvalue weighted by atomic mass is 9.92. The molecule has 0 saturated heterocycles. The zero-order chi connectivity index (χ0) is 15.1. The lowest BCUT2D eigenvalue weighted by Gasteiger charge is -2.19. The van der Waals surface area contributed by atoms with E-state index in [2.05, 4.69) is 41.8 Å². The Morgan fingerprint density at radius 2 is 1.90 bits per heavy atom. The monoisotopic (exact) mass is 402 g/mol. The number of halogens is 3. The van der Waals surface area contributed by atoms with Gasteiger partial charge in [0.15, 0.2) is 0 Å². The Kier molecular flexibility index (Phi) is 4.16. The number of rotatable bonds is 1. The van der Waals surface area contributed by atoms with E-state index in [0.717, 1.165) is 0 Å². The normalized spacial score (nSPS) is 11.7. The zero-order valence-corrected chi connectivity index (χ0v) is 14.4. The molecule has 0 radical (unpaired) electrons. The molecule has 0 amide bonds. The zero-order valence-electron chi connectivity index (χ0n) is 11.2. The van der Waals surface area contributed by atoms with Crippen molar-refractivity contribution in [1.29, 1.82) is 0 Å². The summed E-state index contributed by atoms with van der Waals surface area (Å²) < 4.78 is 14.4. The largest absolute Gasteiger partial charge is 0.306 e. The van der Waals surface area contributed by atoms with Gasteiger partial charge in [0.1, 0.15) is 16.1 Å². The van der Waals surface area contributed by atoms with E-state index in [-0.39, 0.29) is 11.0 Å². The van der Waals surface area contributed by atoms with Crippen molar-refractivity contribution < 1.29 is 4.39 Å². The van der Waals surface area contributed by atoms with Crippen molar-refractivity contribution in [3.63, 3.8) is 0 Å². The third-order valence-corrected chi connectivity index (χ3v) is 4.15. The van der Waals surface area contributed by atoms with E-state index in [1.165, 1.54) is 6.07 Å². The molecule has 0 spiro atoms. The van der Waals surface area contributed by atoms with Gasteiger partial charge < -0.3 is 4.98 Å². The maximum Gasteiger partial charge on any atom is 0.265 e. The first-order valence-corrected chi connectivity index (χ1v) is 7.54. The highest BCUT2D eigenvalue weighted by Crippen LogP contribution is 2.28. The third kappa shape index (κ3) is 3.01. The van der Waals surface area contributed by atoms with E-state index >= 15 is 0 Å². The Morgan fingerprint density at radius 1 is 1.25 bits per heavy atom. The van der Waals surface area contributed by atoms with Crippen LogP contribution in [-0.4, -0.2) is 9.97 Å². The second-order valence-electron chi connectivity index (χ2n) is 5.46. The van der Waals surface area contributed by atoms with Crippen LogP contribution < -0.4 is 5.56 Å². The van der Waals surface area contributed by atoms with Crippen molar-refractivity contribution in [1.82, 2.24) is 9.97 Å². The smallest absolute Gasteiger partial charge is 0.265 e. The molecule has 2 rings (SSSR count). The van der Waals surface area contributed by atoms with E-state index in [0.29, 0.717) is 26.0 Å². The van der Waals surface area contributed by atoms with Gasteiger partial charge >= 0.3 is 0 Å². The highest BCUT2D eigenvalue weighted by Gasteiger charge is 2.22. The molecule has 6 heteroatoms. The number of aromatic nitrogens is 2. The standard InChI is InChI=1S/C14H13Br2FN2O/c1-14(2,3)11-10(16)13(20)19-12(18-11)7-4-5-8(15)9(17)6-7/h4-6H,1-3H3,(H,18,19,20). The van der Waals surface area contributed by atoms with Gasteiger partial charge in [-0.3, -0.25) is 4.79 Å². The van der Waals surface area contributed by atoms with Crippen LogP contribution in [0.3, 0.4) is 0 Å². The molecule has 0 atom stereocenters. The molecular formula is C14H13Br2FN2O. The van der Waals surface area contributed by atoms with E-state index in [9.17, 15) is 9.18 Å². The minimum absolute atomic E-state index is 0.275. The third-order valence-electron chi connectivity index (χ3n) is 2.77. The van der Waals surface area contributed by atoms with Crippen LogP contribution in [0.2, 0.25) is 0 Å². The molecule has 1 heterocycles. The minimum atomic E-state index is -0.398. The molecule has 1 aromatic carbocycles. The van der Waals surface area contributed by atoms with Gasteiger partial charge in [-0.05, 0) is 50.1 Å². The Labute approximate surface area is 132 Å². The molecule has 1 aromatic heterocycles. The van der Waals surface area contributed by atoms with Crippen LogP contribution in [0, 0.1) is 5.82 Å². The summed E-state index contributed by atoms with van der Waals surface area (Å²) in [4.78, 5) is 19.1. The molecule has 1 N–H and O–H groups in total. The first-order chi connectivity index (χ1) is 9.20. The molecule has 20 heavy (non-hydrogen) atoms. The van der Waals surface area contributed by atoms with Gasteiger partial charge in [0, 0.05) is 11.0 Å². The number of benzene rings is 1. The fourth-order valence-electron chi connectivity index (χ4n) is 1.74. The molecule has 2 aromatic rings.